The van der Waals surface area contributed by atoms with Crippen LogP contribution in [0.1, 0.15) is 17.9 Å². The van der Waals surface area contributed by atoms with Crippen LogP contribution in [0, 0.1) is 5.92 Å². The number of thiazole rings is 1. The van der Waals surface area contributed by atoms with Crippen LogP contribution in [0.5, 0.6) is 0 Å². The zero-order chi connectivity index (χ0) is 18.3. The summed E-state index contributed by atoms with van der Waals surface area (Å²) in [4.78, 5) is 20.1. The molecule has 0 saturated carbocycles. The third kappa shape index (κ3) is 3.09. The molecule has 4 heterocycles. The Labute approximate surface area is 149 Å². The quantitative estimate of drug-likeness (QED) is 0.756. The first-order valence-electron chi connectivity index (χ1n) is 7.79. The topological polar surface area (TPSA) is 77.6 Å². The van der Waals surface area contributed by atoms with Gasteiger partial charge >= 0.3 is 6.18 Å². The number of anilines is 1. The van der Waals surface area contributed by atoms with Gasteiger partial charge in [0.2, 0.25) is 16.9 Å². The monoisotopic (exact) mass is 382 g/mol. The molecule has 0 fully saturated rings. The lowest BCUT2D eigenvalue weighted by Crippen LogP contribution is -2.31. The number of rotatable bonds is 3. The van der Waals surface area contributed by atoms with Gasteiger partial charge in [-0.25, -0.2) is 14.6 Å². The highest BCUT2D eigenvalue weighted by atomic mass is 32.1. The van der Waals surface area contributed by atoms with Crippen LogP contribution in [0.25, 0.3) is 5.13 Å². The van der Waals surface area contributed by atoms with Crippen molar-refractivity contribution < 1.29 is 18.0 Å². The molecule has 1 amide bonds. The number of nitrogens with zero attached hydrogens (tertiary/aromatic N) is 5. The van der Waals surface area contributed by atoms with E-state index < -0.39 is 17.9 Å². The predicted octanol–water partition coefficient (Wildman–Crippen LogP) is 2.75. The van der Waals surface area contributed by atoms with E-state index in [-0.39, 0.29) is 18.9 Å². The van der Waals surface area contributed by atoms with E-state index in [1.165, 1.54) is 23.7 Å². The SMILES string of the molecule is O=C(Nc1cnn(-c2nccs2)c1)[C@@H]1CCn2c(cnc2C(F)(F)F)C1. The predicted molar refractivity (Wildman–Crippen MR) is 86.9 cm³/mol. The molecular formula is C15H13F3N6OS. The zero-order valence-electron chi connectivity index (χ0n) is 13.3. The van der Waals surface area contributed by atoms with Crippen molar-refractivity contribution in [2.45, 2.75) is 25.6 Å². The molecular weight excluding hydrogens is 369 g/mol. The second-order valence-corrected chi connectivity index (χ2v) is 6.76. The van der Waals surface area contributed by atoms with Crippen LogP contribution in [0.4, 0.5) is 18.9 Å². The second kappa shape index (κ2) is 6.24. The summed E-state index contributed by atoms with van der Waals surface area (Å²) in [6.07, 6.45) is 2.05. The number of aromatic nitrogens is 5. The van der Waals surface area contributed by atoms with E-state index in [0.717, 1.165) is 4.57 Å². The summed E-state index contributed by atoms with van der Waals surface area (Å²) in [6, 6.07) is 0. The van der Waals surface area contributed by atoms with Crippen molar-refractivity contribution in [1.29, 1.82) is 0 Å². The van der Waals surface area contributed by atoms with Gasteiger partial charge in [0.05, 0.1) is 18.1 Å². The van der Waals surface area contributed by atoms with Crippen molar-refractivity contribution in [1.82, 2.24) is 24.3 Å². The van der Waals surface area contributed by atoms with Crippen molar-refractivity contribution in [3.63, 3.8) is 0 Å². The molecule has 0 saturated heterocycles. The van der Waals surface area contributed by atoms with Crippen LogP contribution in [-0.2, 0) is 23.9 Å². The molecule has 1 aliphatic heterocycles. The molecule has 1 aliphatic rings. The van der Waals surface area contributed by atoms with E-state index in [0.29, 0.717) is 22.9 Å². The maximum atomic E-state index is 12.9. The van der Waals surface area contributed by atoms with Crippen LogP contribution in [-0.4, -0.2) is 30.2 Å². The number of hydrogen-bond acceptors (Lipinski definition) is 5. The summed E-state index contributed by atoms with van der Waals surface area (Å²) in [5, 5.41) is 9.39. The van der Waals surface area contributed by atoms with E-state index in [2.05, 4.69) is 20.4 Å². The van der Waals surface area contributed by atoms with Gasteiger partial charge < -0.3 is 9.88 Å². The van der Waals surface area contributed by atoms with Gasteiger partial charge in [0, 0.05) is 42.4 Å². The summed E-state index contributed by atoms with van der Waals surface area (Å²) >= 11 is 1.41. The van der Waals surface area contributed by atoms with Gasteiger partial charge in [0.15, 0.2) is 0 Å². The van der Waals surface area contributed by atoms with E-state index in [1.807, 2.05) is 5.38 Å². The maximum Gasteiger partial charge on any atom is 0.449 e. The lowest BCUT2D eigenvalue weighted by molar-refractivity contribution is -0.147. The number of halogens is 3. The van der Waals surface area contributed by atoms with Gasteiger partial charge in [-0.15, -0.1) is 11.3 Å². The molecule has 0 aromatic carbocycles. The van der Waals surface area contributed by atoms with Gasteiger partial charge in [0.25, 0.3) is 0 Å². The summed E-state index contributed by atoms with van der Waals surface area (Å²) in [5.41, 5.74) is 0.933. The fourth-order valence-electron chi connectivity index (χ4n) is 2.98. The van der Waals surface area contributed by atoms with Crippen LogP contribution in [0.3, 0.4) is 0 Å². The Kier molecular flexibility index (Phi) is 4.02. The van der Waals surface area contributed by atoms with E-state index >= 15 is 0 Å². The largest absolute Gasteiger partial charge is 0.449 e. The number of hydrogen-bond donors (Lipinski definition) is 1. The Morgan fingerprint density at radius 2 is 2.15 bits per heavy atom. The van der Waals surface area contributed by atoms with Crippen LogP contribution in [0.2, 0.25) is 0 Å². The average molecular weight is 382 g/mol. The summed E-state index contributed by atoms with van der Waals surface area (Å²) < 4.78 is 41.4. The first-order chi connectivity index (χ1) is 12.4. The minimum absolute atomic E-state index is 0.112. The maximum absolute atomic E-state index is 12.9. The number of nitrogens with one attached hydrogen (secondary N) is 1. The average Bonchev–Trinajstić information content (AvgIpc) is 3.33. The Morgan fingerprint density at radius 1 is 1.31 bits per heavy atom. The standard InChI is InChI=1S/C15H13F3N6OS/c16-15(17,18)13-20-7-11-5-9(1-3-23(11)13)12(25)22-10-6-21-24(8-10)14-19-2-4-26-14/h2,4,6-9H,1,3,5H2,(H,22,25)/t9-/m1/s1. The minimum Gasteiger partial charge on any atom is -0.324 e. The highest BCUT2D eigenvalue weighted by Crippen LogP contribution is 2.32. The Morgan fingerprint density at radius 3 is 2.88 bits per heavy atom. The van der Waals surface area contributed by atoms with Crippen molar-refractivity contribution in [3.05, 3.63) is 41.7 Å². The summed E-state index contributed by atoms with van der Waals surface area (Å²) in [5.74, 6) is -1.57. The number of imidazole rings is 1. The minimum atomic E-state index is -4.49. The third-order valence-corrected chi connectivity index (χ3v) is 4.95. The summed E-state index contributed by atoms with van der Waals surface area (Å²) in [7, 11) is 0. The van der Waals surface area contributed by atoms with Crippen molar-refractivity contribution in [2.75, 3.05) is 5.32 Å². The molecule has 0 aliphatic carbocycles. The number of alkyl halides is 3. The van der Waals surface area contributed by atoms with Gasteiger partial charge in [0.1, 0.15) is 0 Å². The third-order valence-electron chi connectivity index (χ3n) is 4.18. The molecule has 0 bridgehead atoms. The lowest BCUT2D eigenvalue weighted by Gasteiger charge is -2.24. The molecule has 136 valence electrons. The van der Waals surface area contributed by atoms with Crippen molar-refractivity contribution in [2.24, 2.45) is 5.92 Å². The fraction of sp³-hybridized carbons (Fsp3) is 0.333. The first kappa shape index (κ1) is 16.8. The van der Waals surface area contributed by atoms with Crippen LogP contribution in [0.15, 0.2) is 30.2 Å². The molecule has 1 N–H and O–H groups in total. The Bertz CT molecular complexity index is 930. The molecule has 11 heteroatoms. The highest BCUT2D eigenvalue weighted by Gasteiger charge is 2.39. The second-order valence-electron chi connectivity index (χ2n) is 5.89. The smallest absolute Gasteiger partial charge is 0.324 e. The number of fused-ring (bicyclic) bond motifs is 1. The Balaban J connectivity index is 1.44. The summed E-state index contributed by atoms with van der Waals surface area (Å²) in [6.45, 7) is 0.112. The van der Waals surface area contributed by atoms with Crippen LogP contribution >= 0.6 is 11.3 Å². The van der Waals surface area contributed by atoms with E-state index in [9.17, 15) is 18.0 Å². The fourth-order valence-corrected chi connectivity index (χ4v) is 3.55. The van der Waals surface area contributed by atoms with E-state index in [4.69, 9.17) is 0 Å². The normalized spacial score (nSPS) is 17.1. The van der Waals surface area contributed by atoms with Crippen LogP contribution < -0.4 is 5.32 Å². The molecule has 4 rings (SSSR count). The molecule has 26 heavy (non-hydrogen) atoms. The van der Waals surface area contributed by atoms with Gasteiger partial charge in [-0.2, -0.15) is 18.3 Å². The van der Waals surface area contributed by atoms with Crippen molar-refractivity contribution >= 4 is 22.9 Å². The molecule has 7 nitrogen and oxygen atoms in total. The number of carbonyl (C=O) groups excluding carboxylic acids is 1. The molecule has 0 radical (unpaired) electrons. The molecule has 1 atom stereocenters. The zero-order valence-corrected chi connectivity index (χ0v) is 14.1. The van der Waals surface area contributed by atoms with Gasteiger partial charge in [-0.05, 0) is 6.42 Å². The molecule has 3 aromatic rings. The van der Waals surface area contributed by atoms with Gasteiger partial charge in [-0.3, -0.25) is 4.79 Å². The molecule has 0 spiro atoms. The number of carbonyl (C=O) groups is 1. The molecule has 3 aromatic heterocycles. The number of amides is 1. The van der Waals surface area contributed by atoms with E-state index in [1.54, 1.807) is 17.1 Å². The Hall–Kier alpha value is -2.69. The lowest BCUT2D eigenvalue weighted by atomic mass is 9.95. The van der Waals surface area contributed by atoms with Gasteiger partial charge in [-0.1, -0.05) is 0 Å². The highest BCUT2D eigenvalue weighted by molar-refractivity contribution is 7.12. The molecule has 0 unspecified atom stereocenters. The van der Waals surface area contributed by atoms with Crippen molar-refractivity contribution in [3.8, 4) is 5.13 Å². The first-order valence-corrected chi connectivity index (χ1v) is 8.67.